The minimum Gasteiger partial charge on any atom is -0.278 e. The molecule has 0 spiro atoms. The molecule has 25 heavy (non-hydrogen) atoms. The third kappa shape index (κ3) is 3.35. The highest BCUT2D eigenvalue weighted by Crippen LogP contribution is 2.48. The molecule has 2 aromatic carbocycles. The number of carbonyl (C=O) groups excluding carboxylic acids is 1. The normalized spacial score (nSPS) is 16.8. The van der Waals surface area contributed by atoms with Crippen LogP contribution in [0.15, 0.2) is 63.3 Å². The van der Waals surface area contributed by atoms with Crippen molar-refractivity contribution in [3.8, 4) is 0 Å². The fourth-order valence-corrected chi connectivity index (χ4v) is 6.15. The fourth-order valence-electron chi connectivity index (χ4n) is 2.90. The van der Waals surface area contributed by atoms with E-state index in [1.807, 2.05) is 41.3 Å². The molecule has 6 heteroatoms. The lowest BCUT2D eigenvalue weighted by Crippen LogP contribution is -2.36. The molecule has 1 amide bonds. The molecule has 0 saturated carbocycles. The topological polar surface area (TPSA) is 32.7 Å². The molecule has 0 N–H and O–H groups in total. The molecule has 0 aromatic heterocycles. The molecule has 128 valence electrons. The van der Waals surface area contributed by atoms with Crippen LogP contribution >= 0.6 is 35.3 Å². The molecule has 0 aliphatic carbocycles. The molecular weight excluding hydrogens is 368 g/mol. The van der Waals surface area contributed by atoms with Gasteiger partial charge in [-0.15, -0.1) is 0 Å². The van der Waals surface area contributed by atoms with Crippen LogP contribution in [0.5, 0.6) is 0 Å². The van der Waals surface area contributed by atoms with E-state index in [-0.39, 0.29) is 11.2 Å². The number of amides is 1. The van der Waals surface area contributed by atoms with Crippen LogP contribution in [0, 0.1) is 0 Å². The van der Waals surface area contributed by atoms with E-state index in [0.29, 0.717) is 0 Å². The molecule has 0 bridgehead atoms. The Labute approximate surface area is 160 Å². The zero-order valence-electron chi connectivity index (χ0n) is 13.8. The Balaban J connectivity index is 1.71. The average molecular weight is 387 g/mol. The molecule has 0 saturated heterocycles. The predicted molar refractivity (Wildman–Crippen MR) is 111 cm³/mol. The Hall–Kier alpha value is -1.37. The first kappa shape index (κ1) is 17.1. The van der Waals surface area contributed by atoms with E-state index < -0.39 is 0 Å². The Kier molecular flexibility index (Phi) is 5.10. The summed E-state index contributed by atoms with van der Waals surface area (Å²) in [4.78, 5) is 22.1. The zero-order chi connectivity index (χ0) is 17.2. The Bertz CT molecular complexity index is 791. The van der Waals surface area contributed by atoms with Crippen molar-refractivity contribution in [2.75, 3.05) is 17.2 Å². The monoisotopic (exact) mass is 386 g/mol. The molecule has 4 rings (SSSR count). The number of nitrogens with zero attached hydrogens (tertiary/aromatic N) is 2. The summed E-state index contributed by atoms with van der Waals surface area (Å²) in [5.74, 6) is 1.17. The van der Waals surface area contributed by atoms with Crippen molar-refractivity contribution in [2.45, 2.75) is 28.4 Å². The summed E-state index contributed by atoms with van der Waals surface area (Å²) in [5, 5.41) is -0.117. The summed E-state index contributed by atoms with van der Waals surface area (Å²) in [6, 6.07) is 16.3. The highest BCUT2D eigenvalue weighted by Gasteiger charge is 2.33. The van der Waals surface area contributed by atoms with E-state index >= 15 is 0 Å². The van der Waals surface area contributed by atoms with Gasteiger partial charge in [0.25, 0.3) is 0 Å². The largest absolute Gasteiger partial charge is 0.278 e. The van der Waals surface area contributed by atoms with Gasteiger partial charge in [-0.05, 0) is 30.7 Å². The molecule has 0 radical (unpaired) electrons. The SMILES string of the molecule is CCC(SC1=NCCS1)C(=O)N1c2ccccc2Sc2ccccc21. The number of hydrogen-bond acceptors (Lipinski definition) is 5. The third-order valence-electron chi connectivity index (χ3n) is 4.10. The van der Waals surface area contributed by atoms with Crippen LogP contribution in [-0.2, 0) is 4.79 Å². The number of hydrogen-bond donors (Lipinski definition) is 0. The van der Waals surface area contributed by atoms with E-state index in [4.69, 9.17) is 0 Å². The van der Waals surface area contributed by atoms with E-state index in [9.17, 15) is 4.79 Å². The van der Waals surface area contributed by atoms with E-state index in [1.165, 1.54) is 0 Å². The Morgan fingerprint density at radius 1 is 1.16 bits per heavy atom. The van der Waals surface area contributed by atoms with Gasteiger partial charge in [0.2, 0.25) is 5.91 Å². The highest BCUT2D eigenvalue weighted by atomic mass is 32.2. The summed E-state index contributed by atoms with van der Waals surface area (Å²) >= 11 is 5.11. The molecule has 3 nitrogen and oxygen atoms in total. The quantitative estimate of drug-likeness (QED) is 0.704. The van der Waals surface area contributed by atoms with Crippen LogP contribution in [-0.4, -0.2) is 27.8 Å². The standard InChI is InChI=1S/C19H18N2OS3/c1-2-15(25-19-20-11-12-23-19)18(22)21-13-7-3-5-9-16(13)24-17-10-6-4-8-14(17)21/h3-10,15H,2,11-12H2,1H3. The van der Waals surface area contributed by atoms with Crippen LogP contribution in [0.2, 0.25) is 0 Å². The van der Waals surface area contributed by atoms with Crippen LogP contribution in [0.3, 0.4) is 0 Å². The number of carbonyl (C=O) groups is 1. The smallest absolute Gasteiger partial charge is 0.245 e. The number of rotatable bonds is 3. The number of benzene rings is 2. The van der Waals surface area contributed by atoms with Crippen molar-refractivity contribution in [1.29, 1.82) is 0 Å². The second kappa shape index (κ2) is 7.48. The van der Waals surface area contributed by atoms with Gasteiger partial charge in [0, 0.05) is 15.5 Å². The van der Waals surface area contributed by atoms with Crippen molar-refractivity contribution in [3.63, 3.8) is 0 Å². The number of aliphatic imine (C=N–C) groups is 1. The first-order valence-corrected chi connectivity index (χ1v) is 11.0. The maximum atomic E-state index is 13.5. The van der Waals surface area contributed by atoms with Gasteiger partial charge in [0.1, 0.15) is 4.38 Å². The minimum atomic E-state index is -0.117. The Morgan fingerprint density at radius 3 is 2.36 bits per heavy atom. The number of fused-ring (bicyclic) bond motifs is 2. The summed E-state index contributed by atoms with van der Waals surface area (Å²) in [6.45, 7) is 2.94. The number of para-hydroxylation sites is 2. The van der Waals surface area contributed by atoms with E-state index in [0.717, 1.165) is 44.3 Å². The van der Waals surface area contributed by atoms with Crippen LogP contribution in [0.4, 0.5) is 11.4 Å². The first-order valence-electron chi connectivity index (χ1n) is 8.31. The molecule has 1 atom stereocenters. The highest BCUT2D eigenvalue weighted by molar-refractivity contribution is 8.39. The fraction of sp³-hybridized carbons (Fsp3) is 0.263. The average Bonchev–Trinajstić information content (AvgIpc) is 3.16. The molecular formula is C19H18N2OS3. The molecule has 0 fully saturated rings. The van der Waals surface area contributed by atoms with Gasteiger partial charge in [0.15, 0.2) is 0 Å². The zero-order valence-corrected chi connectivity index (χ0v) is 16.3. The third-order valence-corrected chi connectivity index (χ3v) is 7.79. The summed E-state index contributed by atoms with van der Waals surface area (Å²) in [7, 11) is 0. The van der Waals surface area contributed by atoms with Crippen LogP contribution < -0.4 is 4.90 Å². The summed E-state index contributed by atoms with van der Waals surface area (Å²) in [5.41, 5.74) is 1.97. The van der Waals surface area contributed by atoms with Gasteiger partial charge in [-0.1, -0.05) is 66.5 Å². The molecule has 2 aromatic rings. The van der Waals surface area contributed by atoms with E-state index in [1.54, 1.807) is 35.3 Å². The predicted octanol–water partition coefficient (Wildman–Crippen LogP) is 5.43. The second-order valence-electron chi connectivity index (χ2n) is 5.72. The first-order chi connectivity index (χ1) is 12.3. The lowest BCUT2D eigenvalue weighted by atomic mass is 10.2. The van der Waals surface area contributed by atoms with Gasteiger partial charge in [-0.2, -0.15) is 0 Å². The molecule has 1 unspecified atom stereocenters. The van der Waals surface area contributed by atoms with Gasteiger partial charge >= 0.3 is 0 Å². The lowest BCUT2D eigenvalue weighted by Gasteiger charge is -2.33. The lowest BCUT2D eigenvalue weighted by molar-refractivity contribution is -0.117. The van der Waals surface area contributed by atoms with Gasteiger partial charge in [0.05, 0.1) is 23.2 Å². The van der Waals surface area contributed by atoms with Crippen LogP contribution in [0.1, 0.15) is 13.3 Å². The Morgan fingerprint density at radius 2 is 1.80 bits per heavy atom. The van der Waals surface area contributed by atoms with Crippen molar-refractivity contribution in [1.82, 2.24) is 0 Å². The van der Waals surface area contributed by atoms with Gasteiger partial charge in [-0.25, -0.2) is 0 Å². The van der Waals surface area contributed by atoms with Gasteiger partial charge < -0.3 is 0 Å². The maximum Gasteiger partial charge on any atom is 0.245 e. The maximum absolute atomic E-state index is 13.5. The van der Waals surface area contributed by atoms with Crippen molar-refractivity contribution >= 4 is 56.9 Å². The number of anilines is 2. The number of thioether (sulfide) groups is 2. The summed E-state index contributed by atoms with van der Waals surface area (Å²) < 4.78 is 1.05. The van der Waals surface area contributed by atoms with Gasteiger partial charge in [-0.3, -0.25) is 14.7 Å². The second-order valence-corrected chi connectivity index (χ2v) is 9.34. The summed E-state index contributed by atoms with van der Waals surface area (Å²) in [6.07, 6.45) is 0.789. The van der Waals surface area contributed by atoms with Crippen molar-refractivity contribution < 1.29 is 4.79 Å². The molecule has 2 aliphatic heterocycles. The van der Waals surface area contributed by atoms with Crippen LogP contribution in [0.25, 0.3) is 0 Å². The van der Waals surface area contributed by atoms with Crippen molar-refractivity contribution in [3.05, 3.63) is 48.5 Å². The minimum absolute atomic E-state index is 0.117. The van der Waals surface area contributed by atoms with E-state index in [2.05, 4.69) is 24.0 Å². The molecule has 2 aliphatic rings. The molecule has 2 heterocycles. The van der Waals surface area contributed by atoms with Crippen molar-refractivity contribution in [2.24, 2.45) is 4.99 Å².